The van der Waals surface area contributed by atoms with E-state index < -0.39 is 5.97 Å². The van der Waals surface area contributed by atoms with Crippen LogP contribution >= 0.6 is 0 Å². The molecule has 2 aromatic carbocycles. The van der Waals surface area contributed by atoms with E-state index in [1.807, 2.05) is 12.1 Å². The summed E-state index contributed by atoms with van der Waals surface area (Å²) in [5, 5.41) is 6.68. The van der Waals surface area contributed by atoms with E-state index in [-0.39, 0.29) is 6.04 Å². The van der Waals surface area contributed by atoms with Crippen molar-refractivity contribution < 1.29 is 14.3 Å². The summed E-state index contributed by atoms with van der Waals surface area (Å²) in [7, 11) is 4.63. The van der Waals surface area contributed by atoms with Crippen LogP contribution in [0, 0.1) is 0 Å². The fourth-order valence-electron chi connectivity index (χ4n) is 2.85. The van der Waals surface area contributed by atoms with E-state index in [1.54, 1.807) is 19.2 Å². The molecule has 150 valence electrons. The van der Waals surface area contributed by atoms with Crippen molar-refractivity contribution in [3.8, 4) is 5.75 Å². The molecular weight excluding hydrogens is 354 g/mol. The molecule has 0 amide bonds. The van der Waals surface area contributed by atoms with Gasteiger partial charge in [-0.1, -0.05) is 36.4 Å². The quantitative estimate of drug-likeness (QED) is 0.416. The van der Waals surface area contributed by atoms with Crippen LogP contribution in [-0.4, -0.2) is 39.2 Å². The molecular formula is C22H29N3O3. The topological polar surface area (TPSA) is 72.0 Å². The van der Waals surface area contributed by atoms with Gasteiger partial charge in [0.25, 0.3) is 0 Å². The molecule has 1 atom stereocenters. The van der Waals surface area contributed by atoms with E-state index in [0.717, 1.165) is 24.4 Å². The van der Waals surface area contributed by atoms with Crippen LogP contribution in [0.25, 0.3) is 0 Å². The van der Waals surface area contributed by atoms with Gasteiger partial charge in [-0.3, -0.25) is 4.99 Å². The zero-order valence-corrected chi connectivity index (χ0v) is 17.0. The maximum Gasteiger partial charge on any atom is 0.341 e. The fraction of sp³-hybridized carbons (Fsp3) is 0.364. The number of benzene rings is 2. The van der Waals surface area contributed by atoms with Crippen molar-refractivity contribution in [1.29, 1.82) is 0 Å². The average molecular weight is 383 g/mol. The number of carbonyl (C=O) groups excluding carboxylic acids is 1. The smallest absolute Gasteiger partial charge is 0.341 e. The lowest BCUT2D eigenvalue weighted by Gasteiger charge is -2.18. The molecule has 0 aliphatic carbocycles. The molecule has 6 nitrogen and oxygen atoms in total. The molecule has 0 saturated carbocycles. The monoisotopic (exact) mass is 383 g/mol. The number of guanidine groups is 1. The molecule has 28 heavy (non-hydrogen) atoms. The van der Waals surface area contributed by atoms with Crippen molar-refractivity contribution in [2.75, 3.05) is 21.3 Å². The Balaban J connectivity index is 1.90. The predicted octanol–water partition coefficient (Wildman–Crippen LogP) is 3.17. The Bertz CT molecular complexity index is 791. The lowest BCUT2D eigenvalue weighted by Crippen LogP contribution is -2.42. The van der Waals surface area contributed by atoms with Gasteiger partial charge in [0.2, 0.25) is 0 Å². The second kappa shape index (κ2) is 11.0. The average Bonchev–Trinajstić information content (AvgIpc) is 2.75. The first kappa shape index (κ1) is 21.3. The lowest BCUT2D eigenvalue weighted by molar-refractivity contribution is 0.0597. The molecule has 0 radical (unpaired) electrons. The Hall–Kier alpha value is -3.02. The highest BCUT2D eigenvalue weighted by Gasteiger charge is 2.14. The van der Waals surface area contributed by atoms with Crippen LogP contribution in [0.3, 0.4) is 0 Å². The Labute approximate surface area is 167 Å². The summed E-state index contributed by atoms with van der Waals surface area (Å²) >= 11 is 0. The SMILES string of the molecule is CN=C(NCc1ccc(OC)c(C(=O)OC)c1)NC(C)CCc1ccccc1. The Morgan fingerprint density at radius 3 is 2.50 bits per heavy atom. The number of ether oxygens (including phenoxy) is 2. The summed E-state index contributed by atoms with van der Waals surface area (Å²) < 4.78 is 10.0. The summed E-state index contributed by atoms with van der Waals surface area (Å²) in [5.41, 5.74) is 2.66. The molecule has 2 rings (SSSR count). The van der Waals surface area contributed by atoms with Crippen LogP contribution in [0.1, 0.15) is 34.8 Å². The zero-order chi connectivity index (χ0) is 20.4. The van der Waals surface area contributed by atoms with E-state index in [1.165, 1.54) is 19.8 Å². The maximum absolute atomic E-state index is 11.9. The number of rotatable bonds is 8. The van der Waals surface area contributed by atoms with E-state index in [9.17, 15) is 4.79 Å². The highest BCUT2D eigenvalue weighted by atomic mass is 16.5. The number of hydrogen-bond donors (Lipinski definition) is 2. The minimum Gasteiger partial charge on any atom is -0.496 e. The van der Waals surface area contributed by atoms with Gasteiger partial charge in [0.15, 0.2) is 5.96 Å². The highest BCUT2D eigenvalue weighted by molar-refractivity contribution is 5.92. The molecule has 1 unspecified atom stereocenters. The fourth-order valence-corrected chi connectivity index (χ4v) is 2.85. The Morgan fingerprint density at radius 1 is 1.11 bits per heavy atom. The molecule has 2 aromatic rings. The minimum atomic E-state index is -0.421. The number of aliphatic imine (C=N–C) groups is 1. The Kier molecular flexibility index (Phi) is 8.34. The standard InChI is InChI=1S/C22H29N3O3/c1-16(10-11-17-8-6-5-7-9-17)25-22(23-2)24-15-18-12-13-20(27-3)19(14-18)21(26)28-4/h5-9,12-14,16H,10-11,15H2,1-4H3,(H2,23,24,25). The second-order valence-electron chi connectivity index (χ2n) is 6.52. The van der Waals surface area contributed by atoms with Crippen molar-refractivity contribution in [2.24, 2.45) is 4.99 Å². The summed E-state index contributed by atoms with van der Waals surface area (Å²) in [4.78, 5) is 16.2. The normalized spacial score (nSPS) is 12.2. The number of carbonyl (C=O) groups is 1. The third kappa shape index (κ3) is 6.30. The molecule has 0 spiro atoms. The van der Waals surface area contributed by atoms with E-state index in [0.29, 0.717) is 17.9 Å². The number of methoxy groups -OCH3 is 2. The first-order chi connectivity index (χ1) is 13.6. The third-order valence-electron chi connectivity index (χ3n) is 4.44. The third-order valence-corrected chi connectivity index (χ3v) is 4.44. The zero-order valence-electron chi connectivity index (χ0n) is 17.0. The van der Waals surface area contributed by atoms with Crippen LogP contribution < -0.4 is 15.4 Å². The molecule has 2 N–H and O–H groups in total. The van der Waals surface area contributed by atoms with Gasteiger partial charge in [-0.15, -0.1) is 0 Å². The van der Waals surface area contributed by atoms with Gasteiger partial charge >= 0.3 is 5.97 Å². The van der Waals surface area contributed by atoms with Crippen molar-refractivity contribution in [2.45, 2.75) is 32.4 Å². The number of hydrogen-bond acceptors (Lipinski definition) is 4. The summed E-state index contributed by atoms with van der Waals surface area (Å²) in [5.74, 6) is 0.791. The van der Waals surface area contributed by atoms with Crippen LogP contribution in [0.15, 0.2) is 53.5 Å². The van der Waals surface area contributed by atoms with Crippen LogP contribution in [0.5, 0.6) is 5.75 Å². The molecule has 0 bridgehead atoms. The molecule has 0 aromatic heterocycles. The van der Waals surface area contributed by atoms with E-state index in [4.69, 9.17) is 9.47 Å². The van der Waals surface area contributed by atoms with Crippen molar-refractivity contribution in [1.82, 2.24) is 10.6 Å². The van der Waals surface area contributed by atoms with Gasteiger partial charge in [0.1, 0.15) is 11.3 Å². The first-order valence-corrected chi connectivity index (χ1v) is 9.33. The number of nitrogens with zero attached hydrogens (tertiary/aromatic N) is 1. The highest BCUT2D eigenvalue weighted by Crippen LogP contribution is 2.20. The minimum absolute atomic E-state index is 0.271. The number of esters is 1. The Morgan fingerprint density at radius 2 is 1.86 bits per heavy atom. The largest absolute Gasteiger partial charge is 0.496 e. The van der Waals surface area contributed by atoms with Gasteiger partial charge in [0.05, 0.1) is 14.2 Å². The van der Waals surface area contributed by atoms with Gasteiger partial charge in [-0.2, -0.15) is 0 Å². The molecule has 0 aliphatic rings. The van der Waals surface area contributed by atoms with Gasteiger partial charge < -0.3 is 20.1 Å². The molecule has 0 fully saturated rings. The number of aryl methyl sites for hydroxylation is 1. The van der Waals surface area contributed by atoms with Crippen molar-refractivity contribution >= 4 is 11.9 Å². The van der Waals surface area contributed by atoms with Crippen LogP contribution in [0.4, 0.5) is 0 Å². The molecule has 6 heteroatoms. The number of nitrogens with one attached hydrogen (secondary N) is 2. The van der Waals surface area contributed by atoms with Gasteiger partial charge in [0, 0.05) is 19.6 Å². The second-order valence-corrected chi connectivity index (χ2v) is 6.52. The molecule has 0 saturated heterocycles. The predicted molar refractivity (Wildman–Crippen MR) is 112 cm³/mol. The van der Waals surface area contributed by atoms with Gasteiger partial charge in [-0.05, 0) is 43.0 Å². The summed E-state index contributed by atoms with van der Waals surface area (Å²) in [6.45, 7) is 2.66. The van der Waals surface area contributed by atoms with E-state index in [2.05, 4.69) is 46.8 Å². The first-order valence-electron chi connectivity index (χ1n) is 9.33. The van der Waals surface area contributed by atoms with Gasteiger partial charge in [-0.25, -0.2) is 4.79 Å². The van der Waals surface area contributed by atoms with Crippen molar-refractivity contribution in [3.63, 3.8) is 0 Å². The van der Waals surface area contributed by atoms with Crippen molar-refractivity contribution in [3.05, 3.63) is 65.2 Å². The maximum atomic E-state index is 11.9. The summed E-state index contributed by atoms with van der Waals surface area (Å²) in [6, 6.07) is 16.1. The van der Waals surface area contributed by atoms with Crippen LogP contribution in [0.2, 0.25) is 0 Å². The molecule has 0 heterocycles. The molecule has 0 aliphatic heterocycles. The summed E-state index contributed by atoms with van der Waals surface area (Å²) in [6.07, 6.45) is 2.01. The van der Waals surface area contributed by atoms with Crippen LogP contribution in [-0.2, 0) is 17.7 Å². The van der Waals surface area contributed by atoms with E-state index >= 15 is 0 Å². The lowest BCUT2D eigenvalue weighted by atomic mass is 10.1.